The van der Waals surface area contributed by atoms with E-state index >= 15 is 0 Å². The molecule has 28 heavy (non-hydrogen) atoms. The van der Waals surface area contributed by atoms with Gasteiger partial charge in [0, 0.05) is 11.8 Å². The Morgan fingerprint density at radius 2 is 1.54 bits per heavy atom. The van der Waals surface area contributed by atoms with Gasteiger partial charge in [-0.25, -0.2) is 13.2 Å². The molecule has 0 saturated heterocycles. The summed E-state index contributed by atoms with van der Waals surface area (Å²) in [5.74, 6) is -4.32. The molecule has 0 aliphatic heterocycles. The number of allylic oxidation sites excluding steroid dienone is 1. The molecular weight excluding hydrogens is 396 g/mol. The summed E-state index contributed by atoms with van der Waals surface area (Å²) >= 11 is 0. The number of hydrogen-bond donors (Lipinski definition) is 0. The van der Waals surface area contributed by atoms with Gasteiger partial charge in [0.1, 0.15) is 5.83 Å². The van der Waals surface area contributed by atoms with Crippen LogP contribution in [0.3, 0.4) is 0 Å². The first-order chi connectivity index (χ1) is 12.8. The summed E-state index contributed by atoms with van der Waals surface area (Å²) in [6, 6.07) is 1.19. The number of ether oxygens (including phenoxy) is 1. The summed E-state index contributed by atoms with van der Waals surface area (Å²) in [6.07, 6.45) is -9.45. The van der Waals surface area contributed by atoms with Crippen LogP contribution in [0.4, 0.5) is 35.1 Å². The number of aryl methyl sites for hydroxylation is 1. The summed E-state index contributed by atoms with van der Waals surface area (Å²) in [4.78, 5) is 0. The molecule has 0 unspecified atom stereocenters. The predicted molar refractivity (Wildman–Crippen MR) is 84.2 cm³/mol. The molecule has 0 N–H and O–H groups in total. The van der Waals surface area contributed by atoms with Crippen molar-refractivity contribution in [1.29, 1.82) is 0 Å². The van der Waals surface area contributed by atoms with E-state index in [0.29, 0.717) is 12.1 Å². The fourth-order valence-electron chi connectivity index (χ4n) is 3.74. The Morgan fingerprint density at radius 3 is 2.07 bits per heavy atom. The molecule has 0 radical (unpaired) electrons. The molecule has 3 aliphatic carbocycles. The van der Waals surface area contributed by atoms with Crippen molar-refractivity contribution >= 4 is 0 Å². The van der Waals surface area contributed by atoms with Gasteiger partial charge in [-0.1, -0.05) is 13.0 Å². The van der Waals surface area contributed by atoms with Gasteiger partial charge in [0.15, 0.2) is 11.6 Å². The van der Waals surface area contributed by atoms with Crippen LogP contribution < -0.4 is 0 Å². The minimum Gasteiger partial charge on any atom is -0.305 e. The summed E-state index contributed by atoms with van der Waals surface area (Å²) in [6.45, 7) is 1.68. The molecule has 9 heteroatoms. The third kappa shape index (κ3) is 3.90. The molecule has 1 aromatic carbocycles. The third-order valence-electron chi connectivity index (χ3n) is 5.65. The molecule has 1 nitrogen and oxygen atoms in total. The van der Waals surface area contributed by atoms with Crippen LogP contribution in [0, 0.1) is 17.0 Å². The number of hydrogen-bond acceptors (Lipinski definition) is 1. The molecule has 1 fully saturated rings. The monoisotopic (exact) mass is 414 g/mol. The number of rotatable bonds is 5. The average molecular weight is 414 g/mol. The lowest BCUT2D eigenvalue weighted by Crippen LogP contribution is -2.47. The van der Waals surface area contributed by atoms with Crippen LogP contribution in [-0.2, 0) is 17.3 Å². The van der Waals surface area contributed by atoms with E-state index in [-0.39, 0.29) is 25.7 Å². The molecule has 4 rings (SSSR count). The van der Waals surface area contributed by atoms with E-state index in [0.717, 1.165) is 6.08 Å². The van der Waals surface area contributed by atoms with Crippen LogP contribution in [0.15, 0.2) is 24.0 Å². The normalized spacial score (nSPS) is 27.8. The molecule has 1 saturated carbocycles. The smallest absolute Gasteiger partial charge is 0.305 e. The van der Waals surface area contributed by atoms with E-state index < -0.39 is 64.7 Å². The van der Waals surface area contributed by atoms with Gasteiger partial charge in [-0.3, -0.25) is 0 Å². The number of benzene rings is 1. The molecule has 0 amide bonds. The van der Waals surface area contributed by atoms with Crippen molar-refractivity contribution in [2.75, 3.05) is 0 Å². The lowest BCUT2D eigenvalue weighted by Gasteiger charge is -2.48. The van der Waals surface area contributed by atoms with E-state index in [4.69, 9.17) is 4.74 Å². The van der Waals surface area contributed by atoms with Gasteiger partial charge in [-0.15, -0.1) is 0 Å². The van der Waals surface area contributed by atoms with E-state index in [2.05, 4.69) is 0 Å². The van der Waals surface area contributed by atoms with E-state index in [1.807, 2.05) is 0 Å². The summed E-state index contributed by atoms with van der Waals surface area (Å²) in [7, 11) is 0. The summed E-state index contributed by atoms with van der Waals surface area (Å²) in [5.41, 5.74) is -4.45. The molecule has 0 heterocycles. The highest BCUT2D eigenvalue weighted by Gasteiger charge is 2.53. The summed E-state index contributed by atoms with van der Waals surface area (Å²) in [5, 5.41) is 0. The van der Waals surface area contributed by atoms with Gasteiger partial charge < -0.3 is 4.74 Å². The number of halogens is 8. The van der Waals surface area contributed by atoms with Gasteiger partial charge in [0.05, 0.1) is 11.2 Å². The minimum atomic E-state index is -4.60. The van der Waals surface area contributed by atoms with E-state index in [1.54, 1.807) is 6.92 Å². The molecule has 2 bridgehead atoms. The van der Waals surface area contributed by atoms with Crippen molar-refractivity contribution in [2.45, 2.75) is 63.3 Å². The molecule has 0 aromatic heterocycles. The summed E-state index contributed by atoms with van der Waals surface area (Å²) < 4.78 is 113. The maximum absolute atomic E-state index is 14.6. The van der Waals surface area contributed by atoms with Crippen LogP contribution in [0.1, 0.15) is 50.2 Å². The fraction of sp³-hybridized carbons (Fsp3) is 0.579. The number of alkyl halides is 5. The molecular formula is C19H18F8O. The molecule has 1 aromatic rings. The second-order valence-electron chi connectivity index (χ2n) is 7.75. The van der Waals surface area contributed by atoms with Gasteiger partial charge >= 0.3 is 12.3 Å². The van der Waals surface area contributed by atoms with Crippen LogP contribution in [0.25, 0.3) is 0 Å². The Bertz CT molecular complexity index is 788. The van der Waals surface area contributed by atoms with Crippen LogP contribution in [0.2, 0.25) is 0 Å². The van der Waals surface area contributed by atoms with Crippen molar-refractivity contribution in [1.82, 2.24) is 0 Å². The second kappa shape index (κ2) is 6.71. The van der Waals surface area contributed by atoms with Crippen LogP contribution in [0.5, 0.6) is 0 Å². The van der Waals surface area contributed by atoms with Crippen molar-refractivity contribution in [3.05, 3.63) is 46.8 Å². The zero-order valence-electron chi connectivity index (χ0n) is 14.9. The van der Waals surface area contributed by atoms with Crippen molar-refractivity contribution in [3.8, 4) is 0 Å². The lowest BCUT2D eigenvalue weighted by molar-refractivity contribution is -0.306. The van der Waals surface area contributed by atoms with E-state index in [1.165, 1.54) is 0 Å². The highest BCUT2D eigenvalue weighted by atomic mass is 19.4. The second-order valence-corrected chi connectivity index (χ2v) is 7.75. The quantitative estimate of drug-likeness (QED) is 0.487. The predicted octanol–water partition coefficient (Wildman–Crippen LogP) is 6.71. The fourth-order valence-corrected chi connectivity index (χ4v) is 3.74. The van der Waals surface area contributed by atoms with Gasteiger partial charge in [-0.05, 0) is 49.8 Å². The zero-order valence-corrected chi connectivity index (χ0v) is 14.9. The topological polar surface area (TPSA) is 9.23 Å². The molecule has 0 atom stereocenters. The Kier molecular flexibility index (Phi) is 5.05. The SMILES string of the molecule is CC12CCC(OC(F)(F)c3ccc(CCC(F)(F)F)c(F)c3F)(C=C1F)CC2. The molecule has 156 valence electrons. The third-order valence-corrected chi connectivity index (χ3v) is 5.65. The maximum atomic E-state index is 14.6. The Hall–Kier alpha value is -1.64. The molecule has 0 spiro atoms. The maximum Gasteiger partial charge on any atom is 0.389 e. The van der Waals surface area contributed by atoms with Crippen LogP contribution in [-0.4, -0.2) is 11.8 Å². The first-order valence-electron chi connectivity index (χ1n) is 8.78. The van der Waals surface area contributed by atoms with Gasteiger partial charge in [0.2, 0.25) is 0 Å². The number of fused-ring (bicyclic) bond motifs is 2. The Balaban J connectivity index is 1.85. The van der Waals surface area contributed by atoms with E-state index in [9.17, 15) is 35.1 Å². The van der Waals surface area contributed by atoms with Crippen LogP contribution >= 0.6 is 0 Å². The molecule has 3 aliphatic rings. The Morgan fingerprint density at radius 1 is 0.929 bits per heavy atom. The highest BCUT2D eigenvalue weighted by Crippen LogP contribution is 2.55. The largest absolute Gasteiger partial charge is 0.389 e. The lowest BCUT2D eigenvalue weighted by atomic mass is 9.63. The van der Waals surface area contributed by atoms with Crippen molar-refractivity contribution in [3.63, 3.8) is 0 Å². The zero-order chi connectivity index (χ0) is 21.0. The highest BCUT2D eigenvalue weighted by molar-refractivity contribution is 5.30. The first-order valence-corrected chi connectivity index (χ1v) is 8.78. The Labute approximate surface area is 156 Å². The van der Waals surface area contributed by atoms with Crippen molar-refractivity contribution in [2.24, 2.45) is 5.41 Å². The van der Waals surface area contributed by atoms with Crippen molar-refractivity contribution < 1.29 is 39.9 Å². The van der Waals surface area contributed by atoms with Gasteiger partial charge in [-0.2, -0.15) is 22.0 Å². The minimum absolute atomic E-state index is 0.0975. The average Bonchev–Trinajstić information content (AvgIpc) is 2.56. The first kappa shape index (κ1) is 21.1. The van der Waals surface area contributed by atoms with Gasteiger partial charge in [0.25, 0.3) is 0 Å². The standard InChI is InChI=1S/C19H18F8O/c1-16-6-8-17(9-7-16,10-13(16)20)28-19(26,27)12-3-2-11(14(21)15(12)22)4-5-18(23,24)25/h2-3,10H,4-9H2,1H3.